The van der Waals surface area contributed by atoms with Gasteiger partial charge in [0.2, 0.25) is 11.6 Å². The number of ketones is 2. The fraction of sp³-hybridized carbons (Fsp3) is 0. The Balaban J connectivity index is 1.42. The van der Waals surface area contributed by atoms with E-state index in [0.717, 1.165) is 0 Å². The van der Waals surface area contributed by atoms with Crippen LogP contribution in [0.15, 0.2) is 109 Å². The van der Waals surface area contributed by atoms with Crippen LogP contribution >= 0.6 is 0 Å². The number of esters is 1. The maximum atomic E-state index is 13.7. The van der Waals surface area contributed by atoms with Crippen LogP contribution in [0.4, 0.5) is 5.69 Å². The molecule has 0 saturated heterocycles. The molecular formula is C29H18N4O4. The van der Waals surface area contributed by atoms with Crippen molar-refractivity contribution >= 4 is 40.0 Å². The van der Waals surface area contributed by atoms with Crippen molar-refractivity contribution < 1.29 is 19.1 Å². The highest BCUT2D eigenvalue weighted by Crippen LogP contribution is 2.32. The predicted molar refractivity (Wildman–Crippen MR) is 137 cm³/mol. The van der Waals surface area contributed by atoms with Crippen molar-refractivity contribution in [1.82, 2.24) is 15.0 Å². The summed E-state index contributed by atoms with van der Waals surface area (Å²) in [5, 5.41) is 11.4. The molecule has 0 radical (unpaired) electrons. The van der Waals surface area contributed by atoms with Crippen LogP contribution in [0.1, 0.15) is 31.1 Å². The number of carbonyl (C=O) groups is 3. The van der Waals surface area contributed by atoms with Crippen LogP contribution in [0.3, 0.4) is 0 Å². The Morgan fingerprint density at radius 2 is 1.46 bits per heavy atom. The van der Waals surface area contributed by atoms with E-state index in [1.165, 1.54) is 4.68 Å². The summed E-state index contributed by atoms with van der Waals surface area (Å²) in [5.74, 6) is -0.955. The van der Waals surface area contributed by atoms with E-state index in [9.17, 15) is 14.4 Å². The van der Waals surface area contributed by atoms with Gasteiger partial charge in [-0.2, -0.15) is 0 Å². The summed E-state index contributed by atoms with van der Waals surface area (Å²) in [4.78, 5) is 39.8. The number of hydrogen-bond acceptors (Lipinski definition) is 7. The number of nitrogens with one attached hydrogen (secondary N) is 1. The number of ether oxygens (including phenoxy) is 1. The molecule has 8 heteroatoms. The molecule has 1 aliphatic rings. The lowest BCUT2D eigenvalue weighted by Crippen LogP contribution is -2.28. The van der Waals surface area contributed by atoms with Crippen molar-refractivity contribution in [3.8, 4) is 5.75 Å². The Kier molecular flexibility index (Phi) is 5.39. The third-order valence-electron chi connectivity index (χ3n) is 5.98. The van der Waals surface area contributed by atoms with E-state index in [4.69, 9.17) is 4.74 Å². The lowest BCUT2D eigenvalue weighted by molar-refractivity contribution is 0.0734. The quantitative estimate of drug-likeness (QED) is 0.275. The lowest BCUT2D eigenvalue weighted by atomic mass is 9.90. The average Bonchev–Trinajstić information content (AvgIpc) is 3.36. The third kappa shape index (κ3) is 3.96. The van der Waals surface area contributed by atoms with Gasteiger partial charge in [0, 0.05) is 22.9 Å². The van der Waals surface area contributed by atoms with Crippen molar-refractivity contribution in [3.63, 3.8) is 0 Å². The Labute approximate surface area is 210 Å². The van der Waals surface area contributed by atoms with E-state index in [1.54, 1.807) is 84.9 Å². The van der Waals surface area contributed by atoms with E-state index >= 15 is 0 Å². The van der Waals surface area contributed by atoms with Crippen LogP contribution < -0.4 is 10.1 Å². The smallest absolute Gasteiger partial charge is 0.343 e. The Bertz CT molecular complexity index is 1740. The standard InChI is InChI=1S/C29H18N4O4/c34-27-21-13-4-5-14-22(21)28(35)26(33-24-16-7-6-15-23(24)31-32-33)25(27)30-19-11-8-12-20(17-19)37-29(36)18-9-2-1-3-10-18/h1-17,30H. The molecule has 0 saturated carbocycles. The van der Waals surface area contributed by atoms with Crippen molar-refractivity contribution in [3.05, 3.63) is 126 Å². The first-order chi connectivity index (χ1) is 18.1. The maximum absolute atomic E-state index is 13.7. The molecule has 1 N–H and O–H groups in total. The highest BCUT2D eigenvalue weighted by atomic mass is 16.5. The lowest BCUT2D eigenvalue weighted by Gasteiger charge is -2.22. The van der Waals surface area contributed by atoms with Gasteiger partial charge in [0.15, 0.2) is 0 Å². The molecule has 6 rings (SSSR count). The van der Waals surface area contributed by atoms with Crippen LogP contribution in [-0.4, -0.2) is 32.5 Å². The third-order valence-corrected chi connectivity index (χ3v) is 5.98. The molecule has 0 amide bonds. The van der Waals surface area contributed by atoms with Gasteiger partial charge in [0.25, 0.3) is 0 Å². The summed E-state index contributed by atoms with van der Waals surface area (Å²) in [6.45, 7) is 0. The van der Waals surface area contributed by atoms with Crippen molar-refractivity contribution in [2.24, 2.45) is 0 Å². The molecule has 0 unspecified atom stereocenters. The average molecular weight is 486 g/mol. The van der Waals surface area contributed by atoms with Gasteiger partial charge in [0.05, 0.1) is 11.1 Å². The Morgan fingerprint density at radius 1 is 0.757 bits per heavy atom. The molecule has 0 aliphatic heterocycles. The van der Waals surface area contributed by atoms with Gasteiger partial charge in [0.1, 0.15) is 22.7 Å². The second kappa shape index (κ2) is 9.01. The number of carbonyl (C=O) groups excluding carboxylic acids is 3. The van der Waals surface area contributed by atoms with Gasteiger partial charge < -0.3 is 10.1 Å². The number of rotatable bonds is 5. The largest absolute Gasteiger partial charge is 0.423 e. The van der Waals surface area contributed by atoms with Crippen LogP contribution in [0, 0.1) is 0 Å². The monoisotopic (exact) mass is 486 g/mol. The number of Topliss-reactive ketones (excluding diaryl/α,β-unsaturated/α-hetero) is 2. The molecular weight excluding hydrogens is 468 g/mol. The maximum Gasteiger partial charge on any atom is 0.343 e. The number of anilines is 1. The van der Waals surface area contributed by atoms with Crippen LogP contribution in [0.2, 0.25) is 0 Å². The number of hydrogen-bond donors (Lipinski definition) is 1. The first-order valence-corrected chi connectivity index (χ1v) is 11.5. The van der Waals surface area contributed by atoms with Crippen LogP contribution in [0.25, 0.3) is 16.7 Å². The highest BCUT2D eigenvalue weighted by Gasteiger charge is 2.34. The zero-order chi connectivity index (χ0) is 25.4. The predicted octanol–water partition coefficient (Wildman–Crippen LogP) is 5.01. The number of fused-ring (bicyclic) bond motifs is 2. The van der Waals surface area contributed by atoms with Gasteiger partial charge in [-0.1, -0.05) is 65.9 Å². The summed E-state index contributed by atoms with van der Waals surface area (Å²) in [6, 6.07) is 29.1. The number of para-hydroxylation sites is 1. The summed E-state index contributed by atoms with van der Waals surface area (Å²) >= 11 is 0. The normalized spacial score (nSPS) is 13.0. The second-order valence-electron chi connectivity index (χ2n) is 8.33. The van der Waals surface area contributed by atoms with E-state index in [1.807, 2.05) is 18.2 Å². The van der Waals surface area contributed by atoms with E-state index in [0.29, 0.717) is 22.3 Å². The van der Waals surface area contributed by atoms with Gasteiger partial charge >= 0.3 is 5.97 Å². The van der Waals surface area contributed by atoms with Gasteiger partial charge in [-0.3, -0.25) is 9.59 Å². The number of aromatic nitrogens is 3. The summed E-state index contributed by atoms with van der Waals surface area (Å²) < 4.78 is 6.90. The molecule has 0 spiro atoms. The molecule has 4 aromatic carbocycles. The minimum atomic E-state index is -0.510. The number of nitrogens with zero attached hydrogens (tertiary/aromatic N) is 3. The minimum absolute atomic E-state index is 0.0471. The molecule has 1 aromatic heterocycles. The van der Waals surface area contributed by atoms with Gasteiger partial charge in [-0.15, -0.1) is 5.10 Å². The number of allylic oxidation sites excluding steroid dienone is 2. The van der Waals surface area contributed by atoms with E-state index < -0.39 is 5.97 Å². The molecule has 0 fully saturated rings. The van der Waals surface area contributed by atoms with E-state index in [-0.39, 0.29) is 39.8 Å². The summed E-state index contributed by atoms with van der Waals surface area (Å²) in [6.07, 6.45) is 0. The molecule has 1 heterocycles. The van der Waals surface area contributed by atoms with Crippen molar-refractivity contribution in [2.75, 3.05) is 5.32 Å². The molecule has 178 valence electrons. The molecule has 0 atom stereocenters. The van der Waals surface area contributed by atoms with Crippen molar-refractivity contribution in [2.45, 2.75) is 0 Å². The Morgan fingerprint density at radius 3 is 2.27 bits per heavy atom. The molecule has 1 aliphatic carbocycles. The van der Waals surface area contributed by atoms with Crippen LogP contribution in [0.5, 0.6) is 5.75 Å². The van der Waals surface area contributed by atoms with Crippen LogP contribution in [-0.2, 0) is 0 Å². The minimum Gasteiger partial charge on any atom is -0.423 e. The second-order valence-corrected chi connectivity index (χ2v) is 8.33. The topological polar surface area (TPSA) is 103 Å². The van der Waals surface area contributed by atoms with Gasteiger partial charge in [-0.25, -0.2) is 9.48 Å². The molecule has 5 aromatic rings. The molecule has 8 nitrogen and oxygen atoms in total. The number of benzene rings is 4. The van der Waals surface area contributed by atoms with E-state index in [2.05, 4.69) is 15.6 Å². The SMILES string of the molecule is O=C(Oc1cccc(NC2=C(n3nnc4ccccc43)C(=O)c3ccccc3C2=O)c1)c1ccccc1. The zero-order valence-corrected chi connectivity index (χ0v) is 19.3. The summed E-state index contributed by atoms with van der Waals surface area (Å²) in [7, 11) is 0. The highest BCUT2D eigenvalue weighted by molar-refractivity contribution is 6.38. The fourth-order valence-corrected chi connectivity index (χ4v) is 4.24. The first-order valence-electron chi connectivity index (χ1n) is 11.5. The zero-order valence-electron chi connectivity index (χ0n) is 19.3. The fourth-order valence-electron chi connectivity index (χ4n) is 4.24. The van der Waals surface area contributed by atoms with Gasteiger partial charge in [-0.05, 0) is 36.4 Å². The molecule has 0 bridgehead atoms. The Hall–Kier alpha value is -5.37. The molecule has 37 heavy (non-hydrogen) atoms. The summed E-state index contributed by atoms with van der Waals surface area (Å²) in [5.41, 5.74) is 2.72. The van der Waals surface area contributed by atoms with Crippen molar-refractivity contribution in [1.29, 1.82) is 0 Å². The first kappa shape index (κ1) is 22.1.